The Kier molecular flexibility index (Phi) is 4.10. The van der Waals surface area contributed by atoms with E-state index in [4.69, 9.17) is 16.3 Å². The third kappa shape index (κ3) is 2.89. The number of hydrogen-bond donors (Lipinski definition) is 0. The normalized spacial score (nSPS) is 18.8. The van der Waals surface area contributed by atoms with Crippen LogP contribution >= 0.6 is 11.6 Å². The highest BCUT2D eigenvalue weighted by atomic mass is 35.5. The van der Waals surface area contributed by atoms with E-state index in [1.54, 1.807) is 24.0 Å². The third-order valence-electron chi connectivity index (χ3n) is 3.21. The molecule has 1 atom stereocenters. The summed E-state index contributed by atoms with van der Waals surface area (Å²) in [5.74, 6) is -0.757. The summed E-state index contributed by atoms with van der Waals surface area (Å²) in [6.45, 7) is 4.36. The molecule has 0 bridgehead atoms. The van der Waals surface area contributed by atoms with E-state index in [9.17, 15) is 9.59 Å². The van der Waals surface area contributed by atoms with Crippen LogP contribution < -0.4 is 4.90 Å². The van der Waals surface area contributed by atoms with Crippen molar-refractivity contribution in [1.29, 1.82) is 0 Å². The van der Waals surface area contributed by atoms with Gasteiger partial charge in [0, 0.05) is 23.7 Å². The molecular formula is C14H16ClNO3. The average Bonchev–Trinajstić information content (AvgIpc) is 2.75. The fraction of sp³-hybridized carbons (Fsp3) is 0.429. The van der Waals surface area contributed by atoms with Crippen LogP contribution in [-0.4, -0.2) is 25.0 Å². The summed E-state index contributed by atoms with van der Waals surface area (Å²) in [5.41, 5.74) is 1.73. The molecule has 1 aromatic carbocycles. The first-order valence-corrected chi connectivity index (χ1v) is 6.64. The summed E-state index contributed by atoms with van der Waals surface area (Å²) in [7, 11) is 0. The second-order valence-electron chi connectivity index (χ2n) is 4.59. The molecule has 1 aliphatic heterocycles. The molecule has 0 radical (unpaired) electrons. The highest BCUT2D eigenvalue weighted by Crippen LogP contribution is 2.30. The number of esters is 1. The van der Waals surface area contributed by atoms with Crippen molar-refractivity contribution in [2.24, 2.45) is 5.92 Å². The molecule has 2 rings (SSSR count). The molecule has 1 amide bonds. The van der Waals surface area contributed by atoms with Gasteiger partial charge >= 0.3 is 5.97 Å². The minimum absolute atomic E-state index is 0.0663. The third-order valence-corrected chi connectivity index (χ3v) is 3.44. The van der Waals surface area contributed by atoms with Crippen LogP contribution in [0.25, 0.3) is 0 Å². The summed E-state index contributed by atoms with van der Waals surface area (Å²) in [4.78, 5) is 25.3. The van der Waals surface area contributed by atoms with Crippen molar-refractivity contribution in [3.63, 3.8) is 0 Å². The molecule has 1 aliphatic rings. The Balaban J connectivity index is 2.20. The summed E-state index contributed by atoms with van der Waals surface area (Å²) >= 11 is 5.96. The van der Waals surface area contributed by atoms with Gasteiger partial charge in [0.15, 0.2) is 0 Å². The van der Waals surface area contributed by atoms with Crippen LogP contribution in [0.15, 0.2) is 18.2 Å². The standard InChI is InChI=1S/C14H16ClNO3/c1-3-19-14(18)10-6-13(17)16(8-10)12-7-11(15)5-4-9(12)2/h4-5,7,10H,3,6,8H2,1-2H3/t10-/m1/s1. The van der Waals surface area contributed by atoms with Crippen molar-refractivity contribution in [2.75, 3.05) is 18.1 Å². The zero-order valence-corrected chi connectivity index (χ0v) is 11.7. The molecule has 1 saturated heterocycles. The number of carbonyl (C=O) groups excluding carboxylic acids is 2. The largest absolute Gasteiger partial charge is 0.466 e. The van der Waals surface area contributed by atoms with Gasteiger partial charge in [-0.05, 0) is 31.5 Å². The van der Waals surface area contributed by atoms with Gasteiger partial charge in [-0.1, -0.05) is 17.7 Å². The first kappa shape index (κ1) is 13.9. The highest BCUT2D eigenvalue weighted by Gasteiger charge is 2.36. The van der Waals surface area contributed by atoms with E-state index in [0.29, 0.717) is 18.2 Å². The molecule has 19 heavy (non-hydrogen) atoms. The highest BCUT2D eigenvalue weighted by molar-refractivity contribution is 6.31. The Labute approximate surface area is 117 Å². The van der Waals surface area contributed by atoms with Gasteiger partial charge in [-0.2, -0.15) is 0 Å². The number of hydrogen-bond acceptors (Lipinski definition) is 3. The number of amides is 1. The Morgan fingerprint density at radius 2 is 2.26 bits per heavy atom. The van der Waals surface area contributed by atoms with Gasteiger partial charge in [0.25, 0.3) is 0 Å². The first-order chi connectivity index (χ1) is 9.02. The number of carbonyl (C=O) groups is 2. The molecule has 102 valence electrons. The van der Waals surface area contributed by atoms with Crippen molar-refractivity contribution in [3.8, 4) is 0 Å². The fourth-order valence-corrected chi connectivity index (χ4v) is 2.40. The lowest BCUT2D eigenvalue weighted by Gasteiger charge is -2.19. The van der Waals surface area contributed by atoms with Gasteiger partial charge in [-0.3, -0.25) is 9.59 Å². The second kappa shape index (κ2) is 5.61. The van der Waals surface area contributed by atoms with Crippen LogP contribution in [0.2, 0.25) is 5.02 Å². The molecule has 0 spiro atoms. The van der Waals surface area contributed by atoms with Crippen LogP contribution in [0, 0.1) is 12.8 Å². The predicted molar refractivity (Wildman–Crippen MR) is 73.3 cm³/mol. The lowest BCUT2D eigenvalue weighted by Crippen LogP contribution is -2.27. The fourth-order valence-electron chi connectivity index (χ4n) is 2.23. The minimum atomic E-state index is -0.383. The number of ether oxygens (including phenoxy) is 1. The van der Waals surface area contributed by atoms with Gasteiger partial charge in [0.2, 0.25) is 5.91 Å². The maximum atomic E-state index is 12.0. The van der Waals surface area contributed by atoms with E-state index in [0.717, 1.165) is 11.3 Å². The van der Waals surface area contributed by atoms with Gasteiger partial charge in [0.1, 0.15) is 0 Å². The van der Waals surface area contributed by atoms with Crippen molar-refractivity contribution >= 4 is 29.2 Å². The van der Waals surface area contributed by atoms with E-state index in [1.807, 2.05) is 13.0 Å². The van der Waals surface area contributed by atoms with Crippen molar-refractivity contribution < 1.29 is 14.3 Å². The predicted octanol–water partition coefficient (Wildman–Crippen LogP) is 2.56. The van der Waals surface area contributed by atoms with Crippen LogP contribution in [-0.2, 0) is 14.3 Å². The van der Waals surface area contributed by atoms with Gasteiger partial charge < -0.3 is 9.64 Å². The van der Waals surface area contributed by atoms with Gasteiger partial charge in [0.05, 0.1) is 12.5 Å². The van der Waals surface area contributed by atoms with E-state index in [2.05, 4.69) is 0 Å². The van der Waals surface area contributed by atoms with Gasteiger partial charge in [-0.25, -0.2) is 0 Å². The lowest BCUT2D eigenvalue weighted by molar-refractivity contribution is -0.147. The molecule has 0 aliphatic carbocycles. The number of aryl methyl sites for hydroxylation is 1. The van der Waals surface area contributed by atoms with Crippen LogP contribution in [0.3, 0.4) is 0 Å². The van der Waals surface area contributed by atoms with E-state index in [1.165, 1.54) is 0 Å². The molecule has 4 nitrogen and oxygen atoms in total. The summed E-state index contributed by atoms with van der Waals surface area (Å²) in [6.07, 6.45) is 0.199. The molecule has 0 N–H and O–H groups in total. The maximum Gasteiger partial charge on any atom is 0.311 e. The lowest BCUT2D eigenvalue weighted by atomic mass is 10.1. The summed E-state index contributed by atoms with van der Waals surface area (Å²) < 4.78 is 4.97. The van der Waals surface area contributed by atoms with Gasteiger partial charge in [-0.15, -0.1) is 0 Å². The quantitative estimate of drug-likeness (QED) is 0.800. The molecule has 1 fully saturated rings. The Hall–Kier alpha value is -1.55. The molecule has 0 saturated carbocycles. The monoisotopic (exact) mass is 281 g/mol. The SMILES string of the molecule is CCOC(=O)[C@@H]1CC(=O)N(c2cc(Cl)ccc2C)C1. The van der Waals surface area contributed by atoms with Crippen LogP contribution in [0.5, 0.6) is 0 Å². The van der Waals surface area contributed by atoms with Crippen molar-refractivity contribution in [2.45, 2.75) is 20.3 Å². The number of anilines is 1. The van der Waals surface area contributed by atoms with E-state index in [-0.39, 0.29) is 24.2 Å². The summed E-state index contributed by atoms with van der Waals surface area (Å²) in [5, 5.41) is 0.577. The first-order valence-electron chi connectivity index (χ1n) is 6.26. The van der Waals surface area contributed by atoms with Crippen molar-refractivity contribution in [1.82, 2.24) is 0 Å². The second-order valence-corrected chi connectivity index (χ2v) is 5.02. The molecular weight excluding hydrogens is 266 g/mol. The Morgan fingerprint density at radius 1 is 1.53 bits per heavy atom. The number of benzene rings is 1. The molecule has 0 unspecified atom stereocenters. The van der Waals surface area contributed by atoms with Crippen LogP contribution in [0.1, 0.15) is 18.9 Å². The average molecular weight is 282 g/mol. The topological polar surface area (TPSA) is 46.6 Å². The molecule has 1 heterocycles. The van der Waals surface area contributed by atoms with Crippen LogP contribution in [0.4, 0.5) is 5.69 Å². The minimum Gasteiger partial charge on any atom is -0.466 e. The zero-order chi connectivity index (χ0) is 14.0. The Bertz CT molecular complexity index is 515. The smallest absolute Gasteiger partial charge is 0.311 e. The summed E-state index contributed by atoms with van der Waals surface area (Å²) in [6, 6.07) is 5.40. The molecule has 0 aromatic heterocycles. The van der Waals surface area contributed by atoms with E-state index < -0.39 is 0 Å². The number of rotatable bonds is 3. The number of halogens is 1. The maximum absolute atomic E-state index is 12.0. The van der Waals surface area contributed by atoms with Crippen molar-refractivity contribution in [3.05, 3.63) is 28.8 Å². The van der Waals surface area contributed by atoms with E-state index >= 15 is 0 Å². The number of nitrogens with zero attached hydrogens (tertiary/aromatic N) is 1. The zero-order valence-electron chi connectivity index (χ0n) is 11.0. The molecule has 1 aromatic rings. The molecule has 5 heteroatoms. The Morgan fingerprint density at radius 3 is 2.95 bits per heavy atom.